The lowest BCUT2D eigenvalue weighted by atomic mass is 10.1. The molecule has 4 rings (SSSR count). The predicted octanol–water partition coefficient (Wildman–Crippen LogP) is 3.56. The summed E-state index contributed by atoms with van der Waals surface area (Å²) in [5, 5.41) is 17.5. The van der Waals surface area contributed by atoms with Crippen molar-refractivity contribution in [2.24, 2.45) is 5.10 Å². The van der Waals surface area contributed by atoms with E-state index >= 15 is 0 Å². The van der Waals surface area contributed by atoms with Crippen LogP contribution in [-0.4, -0.2) is 26.3 Å². The van der Waals surface area contributed by atoms with E-state index in [0.717, 1.165) is 33.7 Å². The van der Waals surface area contributed by atoms with Crippen LogP contribution in [0.5, 0.6) is 0 Å². The van der Waals surface area contributed by atoms with Crippen LogP contribution in [0.15, 0.2) is 64.9 Å². The third-order valence-electron chi connectivity index (χ3n) is 3.84. The highest BCUT2D eigenvalue weighted by Crippen LogP contribution is 2.24. The van der Waals surface area contributed by atoms with Gasteiger partial charge in [0.1, 0.15) is 0 Å². The fourth-order valence-corrected chi connectivity index (χ4v) is 3.36. The van der Waals surface area contributed by atoms with Crippen molar-refractivity contribution in [2.75, 3.05) is 11.1 Å². The third kappa shape index (κ3) is 3.05. The summed E-state index contributed by atoms with van der Waals surface area (Å²) in [6.45, 7) is 2.66. The van der Waals surface area contributed by atoms with Crippen LogP contribution in [0.1, 0.15) is 17.0 Å². The molecule has 2 heterocycles. The standard InChI is InChI=1S/C18H17N5S/c1-13-7-9-15(10-8-13)19-11-17-20-21-18-23(17)22-16(12-24-18)14-5-3-2-4-6-14/h2-10,19H,11-12H2,1H3. The molecule has 1 aliphatic heterocycles. The van der Waals surface area contributed by atoms with E-state index < -0.39 is 0 Å². The van der Waals surface area contributed by atoms with Crippen molar-refractivity contribution >= 4 is 23.2 Å². The van der Waals surface area contributed by atoms with E-state index in [1.54, 1.807) is 11.8 Å². The van der Waals surface area contributed by atoms with Crippen molar-refractivity contribution in [3.63, 3.8) is 0 Å². The van der Waals surface area contributed by atoms with Gasteiger partial charge in [0, 0.05) is 11.4 Å². The first-order valence-electron chi connectivity index (χ1n) is 7.80. The number of nitrogens with one attached hydrogen (secondary N) is 1. The van der Waals surface area contributed by atoms with Gasteiger partial charge < -0.3 is 5.32 Å². The van der Waals surface area contributed by atoms with Crippen LogP contribution in [0.25, 0.3) is 0 Å². The van der Waals surface area contributed by atoms with E-state index in [-0.39, 0.29) is 0 Å². The van der Waals surface area contributed by atoms with Crippen LogP contribution < -0.4 is 5.32 Å². The smallest absolute Gasteiger partial charge is 0.212 e. The molecule has 0 saturated heterocycles. The number of thioether (sulfide) groups is 1. The van der Waals surface area contributed by atoms with Gasteiger partial charge in [0.25, 0.3) is 0 Å². The number of rotatable bonds is 4. The number of hydrogen-bond donors (Lipinski definition) is 1. The molecule has 0 fully saturated rings. The zero-order valence-electron chi connectivity index (χ0n) is 13.3. The summed E-state index contributed by atoms with van der Waals surface area (Å²) < 4.78 is 1.84. The summed E-state index contributed by atoms with van der Waals surface area (Å²) >= 11 is 1.67. The number of nitrogens with zero attached hydrogens (tertiary/aromatic N) is 4. The van der Waals surface area contributed by atoms with Crippen LogP contribution in [0, 0.1) is 6.92 Å². The molecule has 2 aromatic carbocycles. The van der Waals surface area contributed by atoms with Gasteiger partial charge in [-0.1, -0.05) is 59.8 Å². The summed E-state index contributed by atoms with van der Waals surface area (Å²) in [4.78, 5) is 0. The Labute approximate surface area is 144 Å². The Morgan fingerprint density at radius 1 is 1.04 bits per heavy atom. The van der Waals surface area contributed by atoms with Crippen LogP contribution in [-0.2, 0) is 6.54 Å². The molecule has 120 valence electrons. The van der Waals surface area contributed by atoms with E-state index in [0.29, 0.717) is 6.54 Å². The molecule has 5 nitrogen and oxygen atoms in total. The molecule has 0 bridgehead atoms. The Bertz CT molecular complexity index is 868. The second-order valence-electron chi connectivity index (χ2n) is 5.63. The number of fused-ring (bicyclic) bond motifs is 1. The number of benzene rings is 2. The van der Waals surface area contributed by atoms with Gasteiger partial charge in [0.15, 0.2) is 5.82 Å². The molecule has 24 heavy (non-hydrogen) atoms. The minimum atomic E-state index is 0.586. The van der Waals surface area contributed by atoms with Crippen molar-refractivity contribution in [1.29, 1.82) is 0 Å². The molecule has 6 heteroatoms. The second-order valence-corrected chi connectivity index (χ2v) is 6.57. The number of anilines is 1. The Balaban J connectivity index is 1.56. The van der Waals surface area contributed by atoms with Crippen molar-refractivity contribution in [3.8, 4) is 0 Å². The molecule has 1 aromatic heterocycles. The molecule has 1 aliphatic rings. The maximum absolute atomic E-state index is 4.75. The van der Waals surface area contributed by atoms with Gasteiger partial charge in [0.05, 0.1) is 12.3 Å². The molecule has 1 N–H and O–H groups in total. The van der Waals surface area contributed by atoms with Gasteiger partial charge in [-0.2, -0.15) is 9.78 Å². The average molecular weight is 335 g/mol. The third-order valence-corrected chi connectivity index (χ3v) is 4.78. The Kier molecular flexibility index (Phi) is 4.04. The quantitative estimate of drug-likeness (QED) is 0.792. The van der Waals surface area contributed by atoms with E-state index in [4.69, 9.17) is 5.10 Å². The first kappa shape index (κ1) is 15.0. The number of hydrogen-bond acceptors (Lipinski definition) is 5. The molecule has 0 radical (unpaired) electrons. The van der Waals surface area contributed by atoms with Crippen LogP contribution in [0.4, 0.5) is 5.69 Å². The fraction of sp³-hybridized carbons (Fsp3) is 0.167. The molecule has 0 atom stereocenters. The van der Waals surface area contributed by atoms with Gasteiger partial charge in [-0.3, -0.25) is 0 Å². The van der Waals surface area contributed by atoms with Crippen LogP contribution in [0.2, 0.25) is 0 Å². The van der Waals surface area contributed by atoms with Gasteiger partial charge >= 0.3 is 0 Å². The summed E-state index contributed by atoms with van der Waals surface area (Å²) in [6.07, 6.45) is 0. The lowest BCUT2D eigenvalue weighted by Crippen LogP contribution is -2.15. The highest BCUT2D eigenvalue weighted by Gasteiger charge is 2.19. The first-order valence-corrected chi connectivity index (χ1v) is 8.79. The molecule has 3 aromatic rings. The van der Waals surface area contributed by atoms with Crippen molar-refractivity contribution in [3.05, 3.63) is 71.5 Å². The van der Waals surface area contributed by atoms with Gasteiger partial charge in [-0.25, -0.2) is 0 Å². The molecule has 0 amide bonds. The number of aromatic nitrogens is 3. The first-order chi connectivity index (χ1) is 11.8. The topological polar surface area (TPSA) is 55.1 Å². The van der Waals surface area contributed by atoms with Crippen LogP contribution in [0.3, 0.4) is 0 Å². The Hall–Kier alpha value is -2.60. The van der Waals surface area contributed by atoms with Crippen molar-refractivity contribution < 1.29 is 0 Å². The highest BCUT2D eigenvalue weighted by atomic mass is 32.2. The normalized spacial score (nSPS) is 13.3. The summed E-state index contributed by atoms with van der Waals surface area (Å²) in [5.41, 5.74) is 4.49. The summed E-state index contributed by atoms with van der Waals surface area (Å²) in [5.74, 6) is 1.62. The molecule has 0 spiro atoms. The van der Waals surface area contributed by atoms with E-state index in [1.165, 1.54) is 5.56 Å². The fourth-order valence-electron chi connectivity index (χ4n) is 2.50. The van der Waals surface area contributed by atoms with Gasteiger partial charge in [0.2, 0.25) is 5.16 Å². The molecule has 0 saturated carbocycles. The largest absolute Gasteiger partial charge is 0.378 e. The zero-order valence-corrected chi connectivity index (χ0v) is 14.1. The van der Waals surface area contributed by atoms with Gasteiger partial charge in [-0.05, 0) is 24.6 Å². The maximum atomic E-state index is 4.75. The molecule has 0 unspecified atom stereocenters. The minimum absolute atomic E-state index is 0.586. The monoisotopic (exact) mass is 335 g/mol. The lowest BCUT2D eigenvalue weighted by molar-refractivity contribution is 0.716. The molecular weight excluding hydrogens is 318 g/mol. The SMILES string of the molecule is Cc1ccc(NCc2nnc3n2N=C(c2ccccc2)CS3)cc1. The van der Waals surface area contributed by atoms with Gasteiger partial charge in [-0.15, -0.1) is 10.2 Å². The summed E-state index contributed by atoms with van der Waals surface area (Å²) in [6, 6.07) is 18.5. The van der Waals surface area contributed by atoms with Crippen molar-refractivity contribution in [2.45, 2.75) is 18.6 Å². The van der Waals surface area contributed by atoms with E-state index in [9.17, 15) is 0 Å². The maximum Gasteiger partial charge on any atom is 0.212 e. The Morgan fingerprint density at radius 2 is 1.83 bits per heavy atom. The van der Waals surface area contributed by atoms with E-state index in [2.05, 4.69) is 58.8 Å². The number of aryl methyl sites for hydroxylation is 1. The Morgan fingerprint density at radius 3 is 2.62 bits per heavy atom. The summed E-state index contributed by atoms with van der Waals surface area (Å²) in [7, 11) is 0. The predicted molar refractivity (Wildman–Crippen MR) is 97.6 cm³/mol. The zero-order chi connectivity index (χ0) is 16.4. The van der Waals surface area contributed by atoms with Crippen LogP contribution >= 0.6 is 11.8 Å². The highest BCUT2D eigenvalue weighted by molar-refractivity contribution is 7.99. The van der Waals surface area contributed by atoms with E-state index in [1.807, 2.05) is 22.9 Å². The average Bonchev–Trinajstić information content (AvgIpc) is 3.04. The minimum Gasteiger partial charge on any atom is -0.378 e. The molecule has 0 aliphatic carbocycles. The van der Waals surface area contributed by atoms with Crippen molar-refractivity contribution in [1.82, 2.24) is 14.9 Å². The lowest BCUT2D eigenvalue weighted by Gasteiger charge is -2.14. The second kappa shape index (κ2) is 6.49. The molecular formula is C18H17N5S.